The minimum Gasteiger partial charge on any atom is -0.376 e. The summed E-state index contributed by atoms with van der Waals surface area (Å²) in [4.78, 5) is 40.4. The normalized spacial score (nSPS) is 31.3. The van der Waals surface area contributed by atoms with Crippen LogP contribution in [0.5, 0.6) is 0 Å². The average Bonchev–Trinajstić information content (AvgIpc) is 1.61. The molecule has 14 aromatic heterocycles. The number of nitrogens with zero attached hydrogens (tertiary/aromatic N) is 14. The van der Waals surface area contributed by atoms with Crippen molar-refractivity contribution in [2.24, 2.45) is 47.3 Å². The quantitative estimate of drug-likeness (QED) is 0.142. The van der Waals surface area contributed by atoms with Gasteiger partial charge in [-0.05, 0) is 324 Å². The Hall–Kier alpha value is -7.99. The van der Waals surface area contributed by atoms with Gasteiger partial charge in [-0.25, -0.2) is 52.4 Å². The van der Waals surface area contributed by atoms with Gasteiger partial charge in [0.15, 0.2) is 0 Å². The van der Waals surface area contributed by atoms with Crippen molar-refractivity contribution in [2.75, 3.05) is 13.2 Å². The van der Waals surface area contributed by atoms with Gasteiger partial charge in [0.1, 0.15) is 22.7 Å². The van der Waals surface area contributed by atoms with Crippen LogP contribution in [0.3, 0.4) is 0 Å². The minimum atomic E-state index is -0.996. The third-order valence-corrected chi connectivity index (χ3v) is 38.8. The number of thiophene rings is 7. The van der Waals surface area contributed by atoms with E-state index in [0.29, 0.717) is 129 Å². The van der Waals surface area contributed by atoms with Gasteiger partial charge in [-0.3, -0.25) is 0 Å². The summed E-state index contributed by atoms with van der Waals surface area (Å²) in [6.07, 6.45) is 51.5. The van der Waals surface area contributed by atoms with E-state index in [2.05, 4.69) is 182 Å². The van der Waals surface area contributed by atoms with Crippen molar-refractivity contribution in [3.8, 4) is 78.8 Å². The van der Waals surface area contributed by atoms with E-state index in [1.807, 2.05) is 122 Å². The highest BCUT2D eigenvalue weighted by Crippen LogP contribution is 2.59. The van der Waals surface area contributed by atoms with E-state index in [9.17, 15) is 17.6 Å². The maximum atomic E-state index is 14.4. The van der Waals surface area contributed by atoms with E-state index in [1.54, 1.807) is 77.9 Å². The van der Waals surface area contributed by atoms with Crippen molar-refractivity contribution in [3.05, 3.63) is 202 Å². The Morgan fingerprint density at radius 1 is 0.273 bits per heavy atom. The Labute approximate surface area is 800 Å². The molecular weight excluding hydrogens is 1790 g/mol. The standard InChI is InChI=1S/4C15H17FN2S.2C15H18N2OS.C15H18N2S/c4*1-15(16)5-2-3-10(7-15)13-14-11(4-6-19-14)12-8-17-9-18(12)13;2*1-15(2)7-10(3-5-18-15)13-14-11(4-6-19-14)12-8-16-9-17(12)13;1-10-3-2-4-11(7-10)14-15-12(5-6-18-15)13-8-16-9-17(13)14/h4*4,6,8-10,13H,2-3,5,7H2,1H3;2*4,6,8-10,13H,3,5,7H2,1-2H3;5-6,8-11,14H,2-4,7H2,1H3/t2*10?,13-,15?;2*10-,13-,15?;2*10-,13-;10-,11?,14-/m1010100/s1. The van der Waals surface area contributed by atoms with Gasteiger partial charge in [0.05, 0.1) is 181 Å². The van der Waals surface area contributed by atoms with Crippen LogP contribution in [-0.2, 0) is 9.47 Å². The van der Waals surface area contributed by atoms with E-state index < -0.39 is 22.7 Å². The molecule has 132 heavy (non-hydrogen) atoms. The number of rotatable bonds is 7. The predicted molar refractivity (Wildman–Crippen MR) is 528 cm³/mol. The van der Waals surface area contributed by atoms with Gasteiger partial charge in [-0.1, -0.05) is 19.8 Å². The maximum Gasteiger partial charge on any atom is 0.108 e. The van der Waals surface area contributed by atoms with Gasteiger partial charge >= 0.3 is 0 Å². The second-order valence-electron chi connectivity index (χ2n) is 42.6. The van der Waals surface area contributed by atoms with Crippen molar-refractivity contribution in [3.63, 3.8) is 0 Å². The highest BCUT2D eigenvalue weighted by molar-refractivity contribution is 7.12. The Morgan fingerprint density at radius 2 is 0.477 bits per heavy atom. The first kappa shape index (κ1) is 89.2. The molecular formula is C105H122F4N14O2S7. The fraction of sp³-hybridized carbons (Fsp3) is 0.533. The molecule has 23 heterocycles. The highest BCUT2D eigenvalue weighted by atomic mass is 32.1. The molecule has 14 aromatic rings. The molecule has 27 heteroatoms. The summed E-state index contributed by atoms with van der Waals surface area (Å²) in [6, 6.07) is 18.2. The van der Waals surface area contributed by atoms with Gasteiger partial charge in [0.25, 0.3) is 0 Å². The maximum absolute atomic E-state index is 14.4. The van der Waals surface area contributed by atoms with Crippen molar-refractivity contribution in [1.29, 1.82) is 0 Å². The first-order valence-corrected chi connectivity index (χ1v) is 54.6. The lowest BCUT2D eigenvalue weighted by atomic mass is 9.76. The molecule has 0 radical (unpaired) electrons. The first-order chi connectivity index (χ1) is 63.8. The third kappa shape index (κ3) is 16.8. The van der Waals surface area contributed by atoms with Crippen LogP contribution in [-0.4, -0.2) is 114 Å². The average molecular weight is 1910 g/mol. The molecule has 0 amide bonds. The number of hydrogen-bond donors (Lipinski definition) is 0. The molecule has 7 fully saturated rings. The molecule has 7 unspecified atom stereocenters. The molecule has 5 aliphatic carbocycles. The van der Waals surface area contributed by atoms with Gasteiger partial charge < -0.3 is 41.4 Å². The summed E-state index contributed by atoms with van der Waals surface area (Å²) >= 11 is 12.9. The molecule has 2 saturated heterocycles. The molecule has 694 valence electrons. The van der Waals surface area contributed by atoms with E-state index >= 15 is 0 Å². The summed E-state index contributed by atoms with van der Waals surface area (Å²) in [5.41, 5.74) is 14.1. The van der Waals surface area contributed by atoms with Crippen LogP contribution in [0.25, 0.3) is 78.8 Å². The van der Waals surface area contributed by atoms with Crippen LogP contribution in [0.15, 0.2) is 168 Å². The molecule has 0 aromatic carbocycles. The number of alkyl halides is 4. The Morgan fingerprint density at radius 3 is 0.682 bits per heavy atom. The van der Waals surface area contributed by atoms with E-state index in [1.165, 1.54) is 134 Å². The molecule has 0 N–H and O–H groups in total. The smallest absolute Gasteiger partial charge is 0.108 e. The summed E-state index contributed by atoms with van der Waals surface area (Å²) < 4.78 is 85.4. The van der Waals surface area contributed by atoms with Crippen LogP contribution >= 0.6 is 79.4 Å². The summed E-state index contributed by atoms with van der Waals surface area (Å²) in [6.45, 7) is 20.0. The second-order valence-corrected chi connectivity index (χ2v) is 49.3. The lowest BCUT2D eigenvalue weighted by molar-refractivity contribution is -0.0781. The van der Waals surface area contributed by atoms with Gasteiger partial charge in [0, 0.05) is 86.3 Å². The Bertz CT molecular complexity index is 5250. The molecule has 9 aliphatic heterocycles. The third-order valence-electron chi connectivity index (χ3n) is 31.9. The Balaban J connectivity index is 0.0000000900. The second kappa shape index (κ2) is 35.5. The van der Waals surface area contributed by atoms with Crippen LogP contribution < -0.4 is 0 Å². The van der Waals surface area contributed by atoms with Crippen LogP contribution in [0.4, 0.5) is 17.6 Å². The van der Waals surface area contributed by atoms with Crippen molar-refractivity contribution >= 4 is 79.4 Å². The molecule has 16 nitrogen and oxygen atoms in total. The van der Waals surface area contributed by atoms with Crippen LogP contribution in [0.2, 0.25) is 0 Å². The van der Waals surface area contributed by atoms with Gasteiger partial charge in [0.2, 0.25) is 0 Å². The topological polar surface area (TPSA) is 143 Å². The SMILES string of the molecule is CC1(C)C[C@@H]([C@H]2c3sccc3-c3cncn32)CCO1.CC1(C)C[C@H]([C@@H]2c3sccc3-c3cncn32)CCO1.CC1(F)CCCC([C@@H]2c3sccc3-c3cncn32)C1.CC1(F)CCCC([C@H]2c3sccc3-c3cncn32)C1.CC1(F)CCC[C@@H]([C@@H]2c3sccc3-c3cncn32)C1.CC1(F)CCC[C@H]([C@H]2c3sccc3-c3cncn32)C1.C[C@H]1CCCC([C@H]2c3sccc3-c3cncn32)C1. The monoisotopic (exact) mass is 1910 g/mol. The lowest BCUT2D eigenvalue weighted by Gasteiger charge is -2.38. The number of aromatic nitrogens is 14. The van der Waals surface area contributed by atoms with Crippen molar-refractivity contribution in [2.45, 2.75) is 293 Å². The zero-order chi connectivity index (χ0) is 90.3. The van der Waals surface area contributed by atoms with Gasteiger partial charge in [-0.15, -0.1) is 79.4 Å². The first-order valence-electron chi connectivity index (χ1n) is 48.5. The molecule has 0 spiro atoms. The van der Waals surface area contributed by atoms with E-state index in [0.717, 1.165) is 102 Å². The number of halogens is 4. The van der Waals surface area contributed by atoms with Crippen molar-refractivity contribution < 1.29 is 27.0 Å². The number of imidazole rings is 7. The van der Waals surface area contributed by atoms with E-state index in [4.69, 9.17) is 9.47 Å². The zero-order valence-corrected chi connectivity index (χ0v) is 82.9. The number of fused-ring (bicyclic) bond motifs is 21. The summed E-state index contributed by atoms with van der Waals surface area (Å²) in [5.74, 6) is 4.59. The van der Waals surface area contributed by atoms with E-state index in [-0.39, 0.29) is 11.2 Å². The largest absolute Gasteiger partial charge is 0.376 e. The fourth-order valence-corrected chi connectivity index (χ4v) is 34.0. The van der Waals surface area contributed by atoms with Crippen molar-refractivity contribution in [1.82, 2.24) is 66.9 Å². The molecule has 28 rings (SSSR count). The predicted octanol–water partition coefficient (Wildman–Crippen LogP) is 29.5. The van der Waals surface area contributed by atoms with Gasteiger partial charge in [-0.2, -0.15) is 0 Å². The molecule has 19 atom stereocenters. The highest BCUT2D eigenvalue weighted by Gasteiger charge is 2.49. The minimum absolute atomic E-state index is 0.00365. The molecule has 5 saturated carbocycles. The lowest BCUT2D eigenvalue weighted by Crippen LogP contribution is -2.37. The fourth-order valence-electron chi connectivity index (χ4n) is 26.3. The molecule has 14 aliphatic rings. The number of hydrogen-bond acceptors (Lipinski definition) is 16. The zero-order valence-electron chi connectivity index (χ0n) is 77.2. The molecule has 0 bridgehead atoms. The summed E-state index contributed by atoms with van der Waals surface area (Å²) in [5, 5.41) is 15.2. The van der Waals surface area contributed by atoms with Crippen LogP contribution in [0.1, 0.15) is 293 Å². The number of ether oxygens (including phenoxy) is 2. The Kier molecular flexibility index (Phi) is 24.0. The van der Waals surface area contributed by atoms with Crippen LogP contribution in [0, 0.1) is 47.3 Å². The summed E-state index contributed by atoms with van der Waals surface area (Å²) in [7, 11) is 0.